The molecular weight excluding hydrogens is 238 g/mol. The quantitative estimate of drug-likeness (QED) is 0.654. The van der Waals surface area contributed by atoms with Gasteiger partial charge in [0.2, 0.25) is 0 Å². The van der Waals surface area contributed by atoms with Crippen molar-refractivity contribution in [1.29, 1.82) is 0 Å². The summed E-state index contributed by atoms with van der Waals surface area (Å²) in [5.74, 6) is 0.577. The lowest BCUT2D eigenvalue weighted by Gasteiger charge is -2.17. The molecular formula is C12H15NO5. The molecule has 6 nitrogen and oxygen atoms in total. The molecule has 2 unspecified atom stereocenters. The van der Waals surface area contributed by atoms with Crippen molar-refractivity contribution in [2.75, 3.05) is 7.11 Å². The minimum absolute atomic E-state index is 0.137. The summed E-state index contributed by atoms with van der Waals surface area (Å²) in [4.78, 5) is 10.3. The summed E-state index contributed by atoms with van der Waals surface area (Å²) in [6.45, 7) is 0. The number of ether oxygens (including phenoxy) is 2. The van der Waals surface area contributed by atoms with E-state index in [0.717, 1.165) is 12.8 Å². The first-order chi connectivity index (χ1) is 8.61. The third kappa shape index (κ3) is 2.53. The average Bonchev–Trinajstić information content (AvgIpc) is 2.75. The van der Waals surface area contributed by atoms with Crippen molar-refractivity contribution in [2.24, 2.45) is 0 Å². The van der Waals surface area contributed by atoms with Crippen molar-refractivity contribution in [3.63, 3.8) is 0 Å². The second kappa shape index (κ2) is 5.22. The second-order valence-electron chi connectivity index (χ2n) is 4.25. The summed E-state index contributed by atoms with van der Waals surface area (Å²) in [6, 6.07) is 4.43. The van der Waals surface area contributed by atoms with Gasteiger partial charge in [-0.25, -0.2) is 0 Å². The minimum Gasteiger partial charge on any atom is -0.490 e. The van der Waals surface area contributed by atoms with Gasteiger partial charge in [-0.1, -0.05) is 0 Å². The average molecular weight is 253 g/mol. The summed E-state index contributed by atoms with van der Waals surface area (Å²) in [5, 5.41) is 20.5. The lowest BCUT2D eigenvalue weighted by Crippen LogP contribution is -2.25. The maximum atomic E-state index is 10.9. The molecule has 1 aliphatic rings. The summed E-state index contributed by atoms with van der Waals surface area (Å²) in [7, 11) is 1.38. The first-order valence-corrected chi connectivity index (χ1v) is 5.79. The van der Waals surface area contributed by atoms with Gasteiger partial charge in [0, 0.05) is 0 Å². The van der Waals surface area contributed by atoms with Crippen LogP contribution in [0.25, 0.3) is 0 Å². The maximum Gasteiger partial charge on any atom is 0.314 e. The van der Waals surface area contributed by atoms with E-state index in [2.05, 4.69) is 0 Å². The van der Waals surface area contributed by atoms with Gasteiger partial charge >= 0.3 is 5.69 Å². The molecule has 2 atom stereocenters. The summed E-state index contributed by atoms with van der Waals surface area (Å²) >= 11 is 0. The number of rotatable bonds is 4. The number of methoxy groups -OCH3 is 1. The Labute approximate surface area is 104 Å². The molecule has 2 rings (SSSR count). The van der Waals surface area contributed by atoms with Crippen LogP contribution >= 0.6 is 0 Å². The Bertz CT molecular complexity index is 448. The number of benzene rings is 1. The third-order valence-corrected chi connectivity index (χ3v) is 3.05. The number of nitro groups is 1. The van der Waals surface area contributed by atoms with E-state index in [0.29, 0.717) is 12.2 Å². The SMILES string of the molecule is COc1ccc(OC2CCCC2O)cc1[N+](=O)[O-]. The fourth-order valence-electron chi connectivity index (χ4n) is 2.10. The first kappa shape index (κ1) is 12.6. The summed E-state index contributed by atoms with van der Waals surface area (Å²) < 4.78 is 10.5. The molecule has 0 aliphatic heterocycles. The van der Waals surface area contributed by atoms with E-state index < -0.39 is 11.0 Å². The Kier molecular flexibility index (Phi) is 3.66. The zero-order chi connectivity index (χ0) is 13.1. The van der Waals surface area contributed by atoms with Crippen molar-refractivity contribution in [2.45, 2.75) is 31.5 Å². The number of nitro benzene ring substituents is 1. The highest BCUT2D eigenvalue weighted by molar-refractivity contribution is 5.50. The van der Waals surface area contributed by atoms with Crippen molar-refractivity contribution >= 4 is 5.69 Å². The predicted molar refractivity (Wildman–Crippen MR) is 63.9 cm³/mol. The van der Waals surface area contributed by atoms with Crippen LogP contribution in [0.1, 0.15) is 19.3 Å². The van der Waals surface area contributed by atoms with Crippen molar-refractivity contribution < 1.29 is 19.5 Å². The summed E-state index contributed by atoms with van der Waals surface area (Å²) in [5.41, 5.74) is -0.137. The molecule has 1 N–H and O–H groups in total. The number of nitrogens with zero attached hydrogens (tertiary/aromatic N) is 1. The van der Waals surface area contributed by atoms with Crippen LogP contribution in [0, 0.1) is 10.1 Å². The van der Waals surface area contributed by atoms with Crippen molar-refractivity contribution in [1.82, 2.24) is 0 Å². The van der Waals surface area contributed by atoms with Crippen LogP contribution in [0.3, 0.4) is 0 Å². The van der Waals surface area contributed by atoms with Gasteiger partial charge in [0.15, 0.2) is 5.75 Å². The Morgan fingerprint density at radius 3 is 2.78 bits per heavy atom. The normalized spacial score (nSPS) is 22.8. The number of aliphatic hydroxyl groups is 1. The van der Waals surface area contributed by atoms with E-state index in [4.69, 9.17) is 9.47 Å². The topological polar surface area (TPSA) is 81.8 Å². The maximum absolute atomic E-state index is 10.9. The molecule has 1 fully saturated rings. The molecule has 0 saturated heterocycles. The smallest absolute Gasteiger partial charge is 0.314 e. The lowest BCUT2D eigenvalue weighted by atomic mass is 10.2. The van der Waals surface area contributed by atoms with Crippen LogP contribution < -0.4 is 9.47 Å². The van der Waals surface area contributed by atoms with Gasteiger partial charge in [-0.2, -0.15) is 0 Å². The van der Waals surface area contributed by atoms with Gasteiger partial charge in [0.25, 0.3) is 0 Å². The number of aliphatic hydroxyl groups excluding tert-OH is 1. The van der Waals surface area contributed by atoms with Gasteiger partial charge in [-0.15, -0.1) is 0 Å². The third-order valence-electron chi connectivity index (χ3n) is 3.05. The zero-order valence-corrected chi connectivity index (χ0v) is 10.0. The molecule has 18 heavy (non-hydrogen) atoms. The van der Waals surface area contributed by atoms with Crippen LogP contribution in [0.4, 0.5) is 5.69 Å². The molecule has 1 saturated carbocycles. The Hall–Kier alpha value is -1.82. The summed E-state index contributed by atoms with van der Waals surface area (Å²) in [6.07, 6.45) is 1.61. The molecule has 0 amide bonds. The van der Waals surface area contributed by atoms with Crippen LogP contribution in [0.5, 0.6) is 11.5 Å². The number of hydrogen-bond donors (Lipinski definition) is 1. The van der Waals surface area contributed by atoms with E-state index in [1.165, 1.54) is 19.2 Å². The van der Waals surface area contributed by atoms with Crippen LogP contribution in [0.15, 0.2) is 18.2 Å². The molecule has 0 heterocycles. The predicted octanol–water partition coefficient (Wildman–Crippen LogP) is 1.90. The van der Waals surface area contributed by atoms with Crippen LogP contribution in [-0.4, -0.2) is 29.3 Å². The number of hydrogen-bond acceptors (Lipinski definition) is 5. The molecule has 1 aliphatic carbocycles. The van der Waals surface area contributed by atoms with Gasteiger partial charge in [0.1, 0.15) is 11.9 Å². The molecule has 1 aromatic carbocycles. The molecule has 0 bridgehead atoms. The fraction of sp³-hybridized carbons (Fsp3) is 0.500. The van der Waals surface area contributed by atoms with Gasteiger partial charge in [0.05, 0.1) is 24.2 Å². The minimum atomic E-state index is -0.517. The Morgan fingerprint density at radius 1 is 1.44 bits per heavy atom. The van der Waals surface area contributed by atoms with E-state index in [1.54, 1.807) is 6.07 Å². The fourth-order valence-corrected chi connectivity index (χ4v) is 2.10. The Morgan fingerprint density at radius 2 is 2.22 bits per heavy atom. The highest BCUT2D eigenvalue weighted by Crippen LogP contribution is 2.32. The Balaban J connectivity index is 2.18. The second-order valence-corrected chi connectivity index (χ2v) is 4.25. The van der Waals surface area contributed by atoms with Crippen molar-refractivity contribution in [3.05, 3.63) is 28.3 Å². The van der Waals surface area contributed by atoms with E-state index >= 15 is 0 Å². The first-order valence-electron chi connectivity index (χ1n) is 5.79. The molecule has 0 spiro atoms. The van der Waals surface area contributed by atoms with Crippen molar-refractivity contribution in [3.8, 4) is 11.5 Å². The molecule has 0 radical (unpaired) electrons. The molecule has 0 aromatic heterocycles. The van der Waals surface area contributed by atoms with E-state index in [9.17, 15) is 15.2 Å². The largest absolute Gasteiger partial charge is 0.490 e. The van der Waals surface area contributed by atoms with Gasteiger partial charge in [-0.05, 0) is 31.4 Å². The lowest BCUT2D eigenvalue weighted by molar-refractivity contribution is -0.385. The standard InChI is InChI=1S/C12H15NO5/c1-17-11-6-5-8(7-9(11)13(15)16)18-12-4-2-3-10(12)14/h5-7,10,12,14H,2-4H2,1H3. The van der Waals surface area contributed by atoms with E-state index in [1.807, 2.05) is 0 Å². The molecule has 6 heteroatoms. The molecule has 1 aromatic rings. The van der Waals surface area contributed by atoms with Crippen LogP contribution in [-0.2, 0) is 0 Å². The monoisotopic (exact) mass is 253 g/mol. The van der Waals surface area contributed by atoms with Gasteiger partial charge < -0.3 is 14.6 Å². The highest BCUT2D eigenvalue weighted by Gasteiger charge is 2.27. The van der Waals surface area contributed by atoms with E-state index in [-0.39, 0.29) is 17.5 Å². The van der Waals surface area contributed by atoms with Gasteiger partial charge in [-0.3, -0.25) is 10.1 Å². The zero-order valence-electron chi connectivity index (χ0n) is 10.0. The van der Waals surface area contributed by atoms with Crippen LogP contribution in [0.2, 0.25) is 0 Å². The highest BCUT2D eigenvalue weighted by atomic mass is 16.6. The molecule has 98 valence electrons.